The van der Waals surface area contributed by atoms with Crippen molar-refractivity contribution in [3.05, 3.63) is 0 Å². The number of aliphatic hydroxyl groups is 2. The Morgan fingerprint density at radius 1 is 1.00 bits per heavy atom. The number of hydrogen-bond acceptors (Lipinski definition) is 6. The highest BCUT2D eigenvalue weighted by atomic mass is 16.4. The molecule has 0 amide bonds. The Morgan fingerprint density at radius 3 is 1.30 bits per heavy atom. The maximum Gasteiger partial charge on any atom is 0.124 e. The van der Waals surface area contributed by atoms with Gasteiger partial charge < -0.3 is 30.0 Å². The van der Waals surface area contributed by atoms with E-state index in [1.165, 1.54) is 0 Å². The highest BCUT2D eigenvalue weighted by molar-refractivity contribution is 5.80. The summed E-state index contributed by atoms with van der Waals surface area (Å²) in [7, 11) is 0. The summed E-state index contributed by atoms with van der Waals surface area (Å²) in [6.07, 6.45) is -4.88. The van der Waals surface area contributed by atoms with E-state index in [1.54, 1.807) is 0 Å². The minimum Gasteiger partial charge on any atom is -0.547 e. The number of carbonyl (C=O) groups excluding carboxylic acids is 2. The quantitative estimate of drug-likeness (QED) is 0.414. The van der Waals surface area contributed by atoms with E-state index >= 15 is 0 Å². The van der Waals surface area contributed by atoms with Crippen LogP contribution in [0.3, 0.4) is 0 Å². The number of carboxylic acids is 2. The van der Waals surface area contributed by atoms with Crippen molar-refractivity contribution in [2.75, 3.05) is 0 Å². The van der Waals surface area contributed by atoms with Crippen molar-refractivity contribution in [3.63, 3.8) is 0 Å². The van der Waals surface area contributed by atoms with E-state index in [9.17, 15) is 19.8 Å². The molecule has 6 nitrogen and oxygen atoms in total. The van der Waals surface area contributed by atoms with Crippen LogP contribution in [0.4, 0.5) is 0 Å². The molecule has 0 aliphatic carbocycles. The van der Waals surface area contributed by atoms with Crippen molar-refractivity contribution in [1.82, 2.24) is 0 Å². The third-order valence-electron chi connectivity index (χ3n) is 0.782. The van der Waals surface area contributed by atoms with Crippen molar-refractivity contribution in [1.29, 1.82) is 0 Å². The van der Waals surface area contributed by atoms with Crippen molar-refractivity contribution < 1.29 is 30.0 Å². The Bertz CT molecular complexity index is 134. The summed E-state index contributed by atoms with van der Waals surface area (Å²) in [5.41, 5.74) is 0. The summed E-state index contributed by atoms with van der Waals surface area (Å²) in [4.78, 5) is 19.3. The van der Waals surface area contributed by atoms with Gasteiger partial charge in [0, 0.05) is 0 Å². The number of carbonyl (C=O) groups is 2. The van der Waals surface area contributed by atoms with Gasteiger partial charge in [-0.2, -0.15) is 0 Å². The fourth-order valence-electron chi connectivity index (χ4n) is 0.258. The molecule has 0 radical (unpaired) electrons. The molecule has 0 fully saturated rings. The van der Waals surface area contributed by atoms with Gasteiger partial charge in [0.25, 0.3) is 0 Å². The first-order valence-corrected chi connectivity index (χ1v) is 2.24. The number of aliphatic hydroxyl groups excluding tert-OH is 2. The van der Waals surface area contributed by atoms with Gasteiger partial charge in [-0.25, -0.2) is 0 Å². The summed E-state index contributed by atoms with van der Waals surface area (Å²) in [6.45, 7) is 0. The van der Waals surface area contributed by atoms with Crippen molar-refractivity contribution >= 4 is 11.9 Å². The fraction of sp³-hybridized carbons (Fsp3) is 0.500. The van der Waals surface area contributed by atoms with Crippen LogP contribution in [0.25, 0.3) is 0 Å². The number of hydrogen-bond donors (Lipinski definition) is 2. The first kappa shape index (κ1) is 8.86. The lowest BCUT2D eigenvalue weighted by Gasteiger charge is -2.18. The second-order valence-electron chi connectivity index (χ2n) is 1.53. The van der Waals surface area contributed by atoms with Crippen LogP contribution in [0.2, 0.25) is 0 Å². The summed E-state index contributed by atoms with van der Waals surface area (Å²) < 4.78 is 0. The molecule has 58 valence electrons. The van der Waals surface area contributed by atoms with Gasteiger partial charge in [-0.05, 0) is 0 Å². The molecule has 0 saturated heterocycles. The Kier molecular flexibility index (Phi) is 2.78. The van der Waals surface area contributed by atoms with Gasteiger partial charge in [0.05, 0.1) is 11.9 Å². The molecule has 0 rings (SSSR count). The molecule has 0 aliphatic rings. The van der Waals surface area contributed by atoms with Crippen LogP contribution in [0.5, 0.6) is 0 Å². The molecule has 1 unspecified atom stereocenters. The molecular formula is C4H4O6-2. The minimum absolute atomic E-state index is 2.06. The van der Waals surface area contributed by atoms with Crippen molar-refractivity contribution in [2.24, 2.45) is 0 Å². The number of aliphatic carboxylic acids is 2. The topological polar surface area (TPSA) is 121 Å². The van der Waals surface area contributed by atoms with Crippen LogP contribution < -0.4 is 10.2 Å². The largest absolute Gasteiger partial charge is 0.547 e. The molecule has 2 atom stereocenters. The van der Waals surface area contributed by atoms with Crippen LogP contribution in [0.15, 0.2) is 0 Å². The zero-order chi connectivity index (χ0) is 8.31. The van der Waals surface area contributed by atoms with Gasteiger partial charge in [-0.1, -0.05) is 0 Å². The molecule has 2 N–H and O–H groups in total. The molecule has 0 spiro atoms. The smallest absolute Gasteiger partial charge is 0.124 e. The lowest BCUT2D eigenvalue weighted by Crippen LogP contribution is -2.51. The van der Waals surface area contributed by atoms with E-state index in [-0.39, 0.29) is 0 Å². The Balaban J connectivity index is 4.07. The maximum atomic E-state index is 9.63. The summed E-state index contributed by atoms with van der Waals surface area (Å²) in [5.74, 6) is -4.12. The lowest BCUT2D eigenvalue weighted by molar-refractivity contribution is -0.333. The van der Waals surface area contributed by atoms with Crippen LogP contribution in [0, 0.1) is 0 Å². The Morgan fingerprint density at radius 2 is 1.20 bits per heavy atom. The molecule has 0 aliphatic heterocycles. The SMILES string of the molecule is O=C([O-])C(O)[C@H](O)C(=O)[O-]. The second-order valence-corrected chi connectivity index (χ2v) is 1.53. The minimum atomic E-state index is -2.44. The van der Waals surface area contributed by atoms with E-state index in [0.29, 0.717) is 0 Å². The van der Waals surface area contributed by atoms with Gasteiger partial charge >= 0.3 is 0 Å². The van der Waals surface area contributed by atoms with Gasteiger partial charge in [-0.15, -0.1) is 0 Å². The zero-order valence-electron chi connectivity index (χ0n) is 4.68. The monoisotopic (exact) mass is 148 g/mol. The average Bonchev–Trinajstić information content (AvgIpc) is 1.84. The van der Waals surface area contributed by atoms with Crippen LogP contribution in [-0.4, -0.2) is 34.4 Å². The van der Waals surface area contributed by atoms with Crippen LogP contribution in [0.1, 0.15) is 0 Å². The van der Waals surface area contributed by atoms with E-state index in [1.807, 2.05) is 0 Å². The first-order chi connectivity index (χ1) is 4.46. The normalized spacial score (nSPS) is 15.8. The molecule has 0 bridgehead atoms. The highest BCUT2D eigenvalue weighted by Crippen LogP contribution is 1.88. The van der Waals surface area contributed by atoms with Gasteiger partial charge in [-0.3, -0.25) is 0 Å². The summed E-state index contributed by atoms with van der Waals surface area (Å²) >= 11 is 0. The first-order valence-electron chi connectivity index (χ1n) is 2.24. The maximum absolute atomic E-state index is 9.63. The predicted octanol–water partition coefficient (Wildman–Crippen LogP) is -4.79. The van der Waals surface area contributed by atoms with Gasteiger partial charge in [0.2, 0.25) is 0 Å². The molecule has 6 heteroatoms. The standard InChI is InChI=1S/C4H6O6/c5-1(3(7)8)2(6)4(9)10/h1-2,5-6H,(H,7,8)(H,9,10)/p-2/t1-,2?/m0/s1. The van der Waals surface area contributed by atoms with E-state index < -0.39 is 24.1 Å². The number of carboxylic acid groups (broad SMARTS) is 2. The highest BCUT2D eigenvalue weighted by Gasteiger charge is 2.17. The van der Waals surface area contributed by atoms with E-state index in [2.05, 4.69) is 0 Å². The third-order valence-corrected chi connectivity index (χ3v) is 0.782. The van der Waals surface area contributed by atoms with Crippen molar-refractivity contribution in [2.45, 2.75) is 12.2 Å². The molecule has 0 saturated carbocycles. The third kappa shape index (κ3) is 2.00. The van der Waals surface area contributed by atoms with Crippen molar-refractivity contribution in [3.8, 4) is 0 Å². The predicted molar refractivity (Wildman–Crippen MR) is 22.0 cm³/mol. The lowest BCUT2D eigenvalue weighted by atomic mass is 10.2. The van der Waals surface area contributed by atoms with Crippen LogP contribution in [-0.2, 0) is 9.59 Å². The zero-order valence-corrected chi connectivity index (χ0v) is 4.68. The molecule has 0 heterocycles. The van der Waals surface area contributed by atoms with Gasteiger partial charge in [0.15, 0.2) is 0 Å². The molecule has 10 heavy (non-hydrogen) atoms. The fourth-order valence-corrected chi connectivity index (χ4v) is 0.258. The van der Waals surface area contributed by atoms with E-state index in [0.717, 1.165) is 0 Å². The van der Waals surface area contributed by atoms with E-state index in [4.69, 9.17) is 10.2 Å². The second kappa shape index (κ2) is 3.14. The Hall–Kier alpha value is -1.14. The summed E-state index contributed by atoms with van der Waals surface area (Å²) in [5, 5.41) is 35.7. The molecular weight excluding hydrogens is 144 g/mol. The molecule has 0 aromatic rings. The number of rotatable bonds is 3. The van der Waals surface area contributed by atoms with Crippen LogP contribution >= 0.6 is 0 Å². The molecule has 0 aromatic carbocycles. The van der Waals surface area contributed by atoms with Gasteiger partial charge in [0.1, 0.15) is 12.2 Å². The summed E-state index contributed by atoms with van der Waals surface area (Å²) in [6, 6.07) is 0. The average molecular weight is 148 g/mol. The Labute approximate surface area is 55.3 Å². The molecule has 0 aromatic heterocycles.